The molecule has 0 aliphatic carbocycles. The monoisotopic (exact) mass is 315 g/mol. The van der Waals surface area contributed by atoms with Gasteiger partial charge in [-0.2, -0.15) is 0 Å². The maximum atomic E-state index is 11.4. The van der Waals surface area contributed by atoms with Gasteiger partial charge in [-0.05, 0) is 24.1 Å². The van der Waals surface area contributed by atoms with Crippen LogP contribution in [0.5, 0.6) is 0 Å². The summed E-state index contributed by atoms with van der Waals surface area (Å²) in [5.41, 5.74) is 0.922. The fourth-order valence-corrected chi connectivity index (χ4v) is 2.03. The van der Waals surface area contributed by atoms with Crippen molar-refractivity contribution in [1.82, 2.24) is 10.6 Å². The number of nitrogens with two attached hydrogens (primary N) is 1. The molecule has 21 heavy (non-hydrogen) atoms. The van der Waals surface area contributed by atoms with Crippen molar-refractivity contribution in [3.8, 4) is 0 Å². The van der Waals surface area contributed by atoms with Gasteiger partial charge in [-0.25, -0.2) is 23.1 Å². The van der Waals surface area contributed by atoms with E-state index in [9.17, 15) is 18.0 Å². The number of urea groups is 1. The van der Waals surface area contributed by atoms with Crippen LogP contribution in [0.4, 0.5) is 4.79 Å². The van der Waals surface area contributed by atoms with Gasteiger partial charge in [0, 0.05) is 13.1 Å². The highest BCUT2D eigenvalue weighted by molar-refractivity contribution is 7.89. The van der Waals surface area contributed by atoms with E-state index in [1.165, 1.54) is 12.1 Å². The number of primary sulfonamides is 1. The van der Waals surface area contributed by atoms with E-state index in [4.69, 9.17) is 10.2 Å². The molecule has 0 fully saturated rings. The Balaban J connectivity index is 2.28. The van der Waals surface area contributed by atoms with Crippen LogP contribution in [0.15, 0.2) is 24.3 Å². The Morgan fingerprint density at radius 2 is 1.76 bits per heavy atom. The predicted molar refractivity (Wildman–Crippen MR) is 76.2 cm³/mol. The van der Waals surface area contributed by atoms with E-state index in [0.29, 0.717) is 0 Å². The topological polar surface area (TPSA) is 139 Å². The van der Waals surface area contributed by atoms with Crippen molar-refractivity contribution in [3.05, 3.63) is 35.4 Å². The molecular weight excluding hydrogens is 298 g/mol. The largest absolute Gasteiger partial charge is 0.478 e. The highest BCUT2D eigenvalue weighted by atomic mass is 32.2. The Labute approximate surface area is 122 Å². The molecule has 0 saturated carbocycles. The molecule has 8 nitrogen and oxygen atoms in total. The number of carbonyl (C=O) groups excluding carboxylic acids is 1. The minimum atomic E-state index is -3.51. The number of sulfonamides is 1. The lowest BCUT2D eigenvalue weighted by atomic mass is 10.1. The fourth-order valence-electron chi connectivity index (χ4n) is 1.49. The molecule has 0 atom stereocenters. The van der Waals surface area contributed by atoms with Gasteiger partial charge in [-0.3, -0.25) is 0 Å². The zero-order valence-electron chi connectivity index (χ0n) is 11.2. The van der Waals surface area contributed by atoms with Crippen molar-refractivity contribution in [2.45, 2.75) is 13.0 Å². The first-order valence-electron chi connectivity index (χ1n) is 6.12. The van der Waals surface area contributed by atoms with Crippen LogP contribution >= 0.6 is 0 Å². The maximum Gasteiger partial charge on any atom is 0.335 e. The summed E-state index contributed by atoms with van der Waals surface area (Å²) in [6, 6.07) is 5.66. The van der Waals surface area contributed by atoms with Gasteiger partial charge < -0.3 is 15.7 Å². The molecule has 1 aromatic carbocycles. The minimum Gasteiger partial charge on any atom is -0.478 e. The molecule has 5 N–H and O–H groups in total. The van der Waals surface area contributed by atoms with E-state index >= 15 is 0 Å². The fraction of sp³-hybridized carbons (Fsp3) is 0.333. The number of benzene rings is 1. The third-order valence-electron chi connectivity index (χ3n) is 2.55. The summed E-state index contributed by atoms with van der Waals surface area (Å²) in [6.07, 6.45) is 0.236. The Bertz CT molecular complexity index is 598. The van der Waals surface area contributed by atoms with E-state index in [0.717, 1.165) is 5.56 Å². The number of nitrogens with one attached hydrogen (secondary N) is 2. The van der Waals surface area contributed by atoms with Gasteiger partial charge in [0.25, 0.3) is 0 Å². The summed E-state index contributed by atoms with van der Waals surface area (Å²) in [4.78, 5) is 22.1. The number of aromatic carboxylic acids is 1. The van der Waals surface area contributed by atoms with Crippen LogP contribution in [0.2, 0.25) is 0 Å². The average Bonchev–Trinajstić information content (AvgIpc) is 2.41. The number of hydrogen-bond acceptors (Lipinski definition) is 4. The summed E-state index contributed by atoms with van der Waals surface area (Å²) in [7, 11) is -3.51. The lowest BCUT2D eigenvalue weighted by Gasteiger charge is -2.07. The maximum absolute atomic E-state index is 11.4. The molecule has 0 radical (unpaired) electrons. The number of carboxylic acid groups (broad SMARTS) is 1. The molecule has 2 amide bonds. The van der Waals surface area contributed by atoms with Gasteiger partial charge in [0.05, 0.1) is 11.3 Å². The Morgan fingerprint density at radius 3 is 2.29 bits per heavy atom. The molecular formula is C12H17N3O5S. The van der Waals surface area contributed by atoms with Crippen molar-refractivity contribution in [2.75, 3.05) is 12.3 Å². The van der Waals surface area contributed by atoms with Crippen molar-refractivity contribution in [3.63, 3.8) is 0 Å². The standard InChI is InChI=1S/C12H17N3O5S/c13-21(19,20)7-1-6-14-12(18)15-8-9-2-4-10(5-3-9)11(16)17/h2-5H,1,6-8H2,(H,16,17)(H2,13,19,20)(H2,14,15,18). The number of rotatable bonds is 7. The second-order valence-corrected chi connectivity index (χ2v) is 6.07. The van der Waals surface area contributed by atoms with E-state index in [-0.39, 0.29) is 30.8 Å². The van der Waals surface area contributed by atoms with Crippen molar-refractivity contribution >= 4 is 22.0 Å². The number of hydrogen-bond donors (Lipinski definition) is 4. The summed E-state index contributed by atoms with van der Waals surface area (Å²) >= 11 is 0. The zero-order valence-corrected chi connectivity index (χ0v) is 12.0. The number of carbonyl (C=O) groups is 2. The molecule has 0 aromatic heterocycles. The molecule has 0 spiro atoms. The summed E-state index contributed by atoms with van der Waals surface area (Å²) in [5, 5.41) is 18.6. The summed E-state index contributed by atoms with van der Waals surface area (Å²) in [5.74, 6) is -1.20. The van der Waals surface area contributed by atoms with Crippen LogP contribution in [-0.2, 0) is 16.6 Å². The normalized spacial score (nSPS) is 10.9. The highest BCUT2D eigenvalue weighted by Crippen LogP contribution is 2.04. The smallest absolute Gasteiger partial charge is 0.335 e. The Kier molecular flexibility index (Phi) is 6.12. The van der Waals surface area contributed by atoms with Gasteiger partial charge >= 0.3 is 12.0 Å². The number of carboxylic acids is 1. The van der Waals surface area contributed by atoms with Gasteiger partial charge in [-0.15, -0.1) is 0 Å². The van der Waals surface area contributed by atoms with Gasteiger partial charge in [0.2, 0.25) is 10.0 Å². The van der Waals surface area contributed by atoms with Crippen LogP contribution < -0.4 is 15.8 Å². The Hall–Kier alpha value is -2.13. The van der Waals surface area contributed by atoms with E-state index in [1.807, 2.05) is 0 Å². The molecule has 9 heteroatoms. The van der Waals surface area contributed by atoms with Gasteiger partial charge in [0.15, 0.2) is 0 Å². The molecule has 0 heterocycles. The lowest BCUT2D eigenvalue weighted by Crippen LogP contribution is -2.36. The first kappa shape index (κ1) is 16.9. The average molecular weight is 315 g/mol. The first-order chi connectivity index (χ1) is 9.78. The van der Waals surface area contributed by atoms with Crippen LogP contribution in [0.25, 0.3) is 0 Å². The SMILES string of the molecule is NS(=O)(=O)CCCNC(=O)NCc1ccc(C(=O)O)cc1. The number of amides is 2. The van der Waals surface area contributed by atoms with Gasteiger partial charge in [0.1, 0.15) is 0 Å². The summed E-state index contributed by atoms with van der Waals surface area (Å²) < 4.78 is 21.3. The Morgan fingerprint density at radius 1 is 1.14 bits per heavy atom. The molecule has 0 bridgehead atoms. The van der Waals surface area contributed by atoms with Crippen LogP contribution in [0, 0.1) is 0 Å². The van der Waals surface area contributed by atoms with Crippen LogP contribution in [0.3, 0.4) is 0 Å². The molecule has 116 valence electrons. The second kappa shape index (κ2) is 7.60. The zero-order chi connectivity index (χ0) is 15.9. The van der Waals surface area contributed by atoms with E-state index < -0.39 is 22.0 Å². The third kappa shape index (κ3) is 7.28. The van der Waals surface area contributed by atoms with Crippen molar-refractivity contribution < 1.29 is 23.1 Å². The second-order valence-electron chi connectivity index (χ2n) is 4.33. The lowest BCUT2D eigenvalue weighted by molar-refractivity contribution is 0.0697. The summed E-state index contributed by atoms with van der Waals surface area (Å²) in [6.45, 7) is 0.432. The predicted octanol–water partition coefficient (Wildman–Crippen LogP) is -0.137. The molecule has 0 saturated heterocycles. The molecule has 0 unspecified atom stereocenters. The van der Waals surface area contributed by atoms with Crippen molar-refractivity contribution in [1.29, 1.82) is 0 Å². The van der Waals surface area contributed by atoms with Crippen molar-refractivity contribution in [2.24, 2.45) is 5.14 Å². The first-order valence-corrected chi connectivity index (χ1v) is 7.84. The van der Waals surface area contributed by atoms with E-state index in [1.54, 1.807) is 12.1 Å². The third-order valence-corrected chi connectivity index (χ3v) is 3.40. The minimum absolute atomic E-state index is 0.172. The quantitative estimate of drug-likeness (QED) is 0.519. The molecule has 1 aromatic rings. The molecule has 0 aliphatic heterocycles. The van der Waals surface area contributed by atoms with E-state index in [2.05, 4.69) is 10.6 Å². The molecule has 0 aliphatic rings. The van der Waals surface area contributed by atoms with Crippen LogP contribution in [0.1, 0.15) is 22.3 Å². The van der Waals surface area contributed by atoms with Crippen LogP contribution in [-0.4, -0.2) is 37.8 Å². The molecule has 1 rings (SSSR count). The van der Waals surface area contributed by atoms with Gasteiger partial charge in [-0.1, -0.05) is 12.1 Å². The highest BCUT2D eigenvalue weighted by Gasteiger charge is 2.05.